The lowest BCUT2D eigenvalue weighted by molar-refractivity contribution is 0.0701. The maximum absolute atomic E-state index is 12.2. The van der Waals surface area contributed by atoms with Gasteiger partial charge in [0, 0.05) is 12.1 Å². The van der Waals surface area contributed by atoms with Crippen molar-refractivity contribution in [2.24, 2.45) is 0 Å². The molecule has 0 radical (unpaired) electrons. The number of benzene rings is 1. The number of ether oxygens (including phenoxy) is 1. The molecule has 0 aliphatic carbocycles. The fraction of sp³-hybridized carbons (Fsp3) is 0.188. The molecule has 6 heteroatoms. The Morgan fingerprint density at radius 1 is 1.32 bits per heavy atom. The highest BCUT2D eigenvalue weighted by atomic mass is 16.5. The van der Waals surface area contributed by atoms with E-state index in [1.807, 2.05) is 37.3 Å². The van der Waals surface area contributed by atoms with E-state index in [2.05, 4.69) is 10.1 Å². The van der Waals surface area contributed by atoms with E-state index in [1.165, 1.54) is 6.20 Å². The third-order valence-corrected chi connectivity index (χ3v) is 3.15. The maximum atomic E-state index is 12.2. The normalized spacial score (nSPS) is 10.6. The molecule has 0 spiro atoms. The van der Waals surface area contributed by atoms with Crippen molar-refractivity contribution in [1.29, 1.82) is 0 Å². The van der Waals surface area contributed by atoms with E-state index >= 15 is 0 Å². The van der Waals surface area contributed by atoms with Crippen molar-refractivity contribution in [3.05, 3.63) is 54.2 Å². The summed E-state index contributed by atoms with van der Waals surface area (Å²) in [5.74, 6) is 0.296. The quantitative estimate of drug-likeness (QED) is 0.692. The van der Waals surface area contributed by atoms with Crippen LogP contribution < -0.4 is 4.74 Å². The summed E-state index contributed by atoms with van der Waals surface area (Å²) in [6.45, 7) is 4.37. The zero-order chi connectivity index (χ0) is 15.5. The van der Waals surface area contributed by atoms with Gasteiger partial charge in [-0.1, -0.05) is 18.2 Å². The van der Waals surface area contributed by atoms with Crippen LogP contribution in [0.15, 0.2) is 47.1 Å². The summed E-state index contributed by atoms with van der Waals surface area (Å²) in [7, 11) is 0. The number of nitrogens with zero attached hydrogens (tertiary/aromatic N) is 3. The van der Waals surface area contributed by atoms with Crippen molar-refractivity contribution in [1.82, 2.24) is 14.8 Å². The molecule has 0 aliphatic rings. The maximum Gasteiger partial charge on any atom is 0.381 e. The van der Waals surface area contributed by atoms with E-state index in [0.29, 0.717) is 23.9 Å². The summed E-state index contributed by atoms with van der Waals surface area (Å²) >= 11 is 0. The Bertz CT molecular complexity index is 790. The van der Waals surface area contributed by atoms with Crippen LogP contribution in [0.1, 0.15) is 23.2 Å². The molecule has 0 saturated heterocycles. The van der Waals surface area contributed by atoms with Gasteiger partial charge in [-0.25, -0.2) is 9.78 Å². The van der Waals surface area contributed by atoms with E-state index in [-0.39, 0.29) is 5.76 Å². The molecule has 1 aromatic carbocycles. The van der Waals surface area contributed by atoms with Gasteiger partial charge < -0.3 is 9.15 Å². The second-order valence-corrected chi connectivity index (χ2v) is 4.72. The summed E-state index contributed by atoms with van der Waals surface area (Å²) in [5.41, 5.74) is 1.30. The second-order valence-electron chi connectivity index (χ2n) is 4.72. The molecular weight excluding hydrogens is 282 g/mol. The smallest absolute Gasteiger partial charge is 0.381 e. The lowest BCUT2D eigenvalue weighted by Gasteiger charge is -1.98. The first-order valence-corrected chi connectivity index (χ1v) is 6.95. The number of oxazole rings is 1. The van der Waals surface area contributed by atoms with Crippen molar-refractivity contribution in [2.45, 2.75) is 20.4 Å². The van der Waals surface area contributed by atoms with E-state index < -0.39 is 5.97 Å². The summed E-state index contributed by atoms with van der Waals surface area (Å²) in [5, 5.41) is 4.05. The summed E-state index contributed by atoms with van der Waals surface area (Å²) in [6.07, 6.45) is 3.15. The Hall–Kier alpha value is -2.89. The molecule has 2 heterocycles. The molecule has 0 saturated carbocycles. The fourth-order valence-electron chi connectivity index (χ4n) is 2.01. The van der Waals surface area contributed by atoms with E-state index in [4.69, 9.17) is 9.15 Å². The van der Waals surface area contributed by atoms with Gasteiger partial charge in [-0.2, -0.15) is 5.10 Å². The molecule has 6 nitrogen and oxygen atoms in total. The first kappa shape index (κ1) is 14.1. The van der Waals surface area contributed by atoms with Crippen LogP contribution in [0.5, 0.6) is 5.75 Å². The monoisotopic (exact) mass is 297 g/mol. The molecule has 22 heavy (non-hydrogen) atoms. The van der Waals surface area contributed by atoms with Crippen LogP contribution in [0.2, 0.25) is 0 Å². The van der Waals surface area contributed by atoms with Gasteiger partial charge in [0.05, 0.1) is 18.1 Å². The zero-order valence-electron chi connectivity index (χ0n) is 12.3. The standard InChI is InChI=1S/C16H15N3O3/c1-3-19-10-13(9-17-19)21-16(20)14-11(2)18-15(22-14)12-7-5-4-6-8-12/h4-10H,3H2,1-2H3. The Labute approximate surface area is 127 Å². The fourth-order valence-corrected chi connectivity index (χ4v) is 2.01. The van der Waals surface area contributed by atoms with Crippen LogP contribution >= 0.6 is 0 Å². The molecule has 0 bridgehead atoms. The third kappa shape index (κ3) is 2.76. The van der Waals surface area contributed by atoms with Crippen LogP contribution in [-0.4, -0.2) is 20.7 Å². The molecule has 0 aliphatic heterocycles. The SMILES string of the molecule is CCn1cc(OC(=O)c2oc(-c3ccccc3)nc2C)cn1. The number of rotatable bonds is 4. The van der Waals surface area contributed by atoms with Crippen molar-refractivity contribution in [3.63, 3.8) is 0 Å². The molecule has 0 fully saturated rings. The molecular formula is C16H15N3O3. The number of aromatic nitrogens is 3. The molecule has 0 N–H and O–H groups in total. The van der Waals surface area contributed by atoms with E-state index in [9.17, 15) is 4.79 Å². The van der Waals surface area contributed by atoms with Crippen LogP contribution in [0.4, 0.5) is 0 Å². The number of esters is 1. The molecule has 0 atom stereocenters. The van der Waals surface area contributed by atoms with Gasteiger partial charge in [-0.05, 0) is 26.0 Å². The number of carbonyl (C=O) groups excluding carboxylic acids is 1. The van der Waals surface area contributed by atoms with Gasteiger partial charge in [-0.3, -0.25) is 4.68 Å². The third-order valence-electron chi connectivity index (χ3n) is 3.15. The van der Waals surface area contributed by atoms with Gasteiger partial charge >= 0.3 is 5.97 Å². The van der Waals surface area contributed by atoms with Crippen LogP contribution in [0.25, 0.3) is 11.5 Å². The first-order valence-electron chi connectivity index (χ1n) is 6.95. The Morgan fingerprint density at radius 3 is 2.77 bits per heavy atom. The minimum atomic E-state index is -0.581. The number of carbonyl (C=O) groups is 1. The predicted molar refractivity (Wildman–Crippen MR) is 79.5 cm³/mol. The van der Waals surface area contributed by atoms with Gasteiger partial charge in [0.15, 0.2) is 5.75 Å². The van der Waals surface area contributed by atoms with Crippen molar-refractivity contribution in [2.75, 3.05) is 0 Å². The highest BCUT2D eigenvalue weighted by Crippen LogP contribution is 2.22. The number of hydrogen-bond acceptors (Lipinski definition) is 5. The predicted octanol–water partition coefficient (Wildman–Crippen LogP) is 3.09. The summed E-state index contributed by atoms with van der Waals surface area (Å²) in [4.78, 5) is 16.5. The Balaban J connectivity index is 1.82. The van der Waals surface area contributed by atoms with Gasteiger partial charge in [0.25, 0.3) is 0 Å². The highest BCUT2D eigenvalue weighted by Gasteiger charge is 2.20. The largest absolute Gasteiger partial charge is 0.429 e. The van der Waals surface area contributed by atoms with Crippen molar-refractivity contribution >= 4 is 5.97 Å². The minimum absolute atomic E-state index is 0.100. The van der Waals surface area contributed by atoms with Gasteiger partial charge in [0.1, 0.15) is 0 Å². The van der Waals surface area contributed by atoms with Crippen molar-refractivity contribution in [3.8, 4) is 17.2 Å². The summed E-state index contributed by atoms with van der Waals surface area (Å²) < 4.78 is 12.5. The minimum Gasteiger partial charge on any atom is -0.429 e. The van der Waals surface area contributed by atoms with E-state index in [1.54, 1.807) is 17.8 Å². The van der Waals surface area contributed by atoms with Crippen LogP contribution in [0.3, 0.4) is 0 Å². The Morgan fingerprint density at radius 2 is 2.09 bits per heavy atom. The molecule has 3 rings (SSSR count). The van der Waals surface area contributed by atoms with Gasteiger partial charge in [-0.15, -0.1) is 0 Å². The van der Waals surface area contributed by atoms with Crippen LogP contribution in [-0.2, 0) is 6.54 Å². The lowest BCUT2D eigenvalue weighted by atomic mass is 10.2. The molecule has 2 aromatic heterocycles. The van der Waals surface area contributed by atoms with Crippen molar-refractivity contribution < 1.29 is 13.9 Å². The second kappa shape index (κ2) is 5.85. The summed E-state index contributed by atoms with van der Waals surface area (Å²) in [6, 6.07) is 9.40. The van der Waals surface area contributed by atoms with Gasteiger partial charge in [0.2, 0.25) is 11.7 Å². The first-order chi connectivity index (χ1) is 10.7. The molecule has 0 unspecified atom stereocenters. The zero-order valence-corrected chi connectivity index (χ0v) is 12.3. The molecule has 3 aromatic rings. The number of hydrogen-bond donors (Lipinski definition) is 0. The average molecular weight is 297 g/mol. The van der Waals surface area contributed by atoms with E-state index in [0.717, 1.165) is 5.56 Å². The average Bonchev–Trinajstić information content (AvgIpc) is 3.14. The topological polar surface area (TPSA) is 70.2 Å². The highest BCUT2D eigenvalue weighted by molar-refractivity contribution is 5.89. The molecule has 0 amide bonds. The van der Waals surface area contributed by atoms with Crippen LogP contribution in [0, 0.1) is 6.92 Å². The Kier molecular flexibility index (Phi) is 3.74. The molecule has 112 valence electrons. The number of aryl methyl sites for hydroxylation is 2. The lowest BCUT2D eigenvalue weighted by Crippen LogP contribution is -2.08.